The molecule has 1 aromatic rings. The fraction of sp³-hybridized carbons (Fsp3) is 0.562. The zero-order valence-electron chi connectivity index (χ0n) is 12.4. The first-order valence-corrected chi connectivity index (χ1v) is 7.50. The Hall–Kier alpha value is -1.53. The van der Waals surface area contributed by atoms with Crippen molar-refractivity contribution in [2.45, 2.75) is 50.9 Å². The van der Waals surface area contributed by atoms with Gasteiger partial charge in [0.15, 0.2) is 11.6 Å². The summed E-state index contributed by atoms with van der Waals surface area (Å²) in [6.07, 6.45) is 0.959. The van der Waals surface area contributed by atoms with E-state index in [2.05, 4.69) is 5.32 Å². The molecule has 1 saturated carbocycles. The largest absolute Gasteiger partial charge is 0.393 e. The topological polar surface area (TPSA) is 69.6 Å². The number of amides is 1. The molecule has 6 heteroatoms. The van der Waals surface area contributed by atoms with Crippen molar-refractivity contribution >= 4 is 5.91 Å². The lowest BCUT2D eigenvalue weighted by Crippen LogP contribution is -2.42. The van der Waals surface area contributed by atoms with Crippen molar-refractivity contribution < 1.29 is 23.8 Å². The maximum Gasteiger partial charge on any atom is 0.223 e. The molecule has 0 bridgehead atoms. The van der Waals surface area contributed by atoms with Gasteiger partial charge in [-0.3, -0.25) is 4.79 Å². The van der Waals surface area contributed by atoms with Crippen LogP contribution in [0.4, 0.5) is 8.78 Å². The Morgan fingerprint density at radius 3 is 2.45 bits per heavy atom. The van der Waals surface area contributed by atoms with Gasteiger partial charge in [0.25, 0.3) is 0 Å². The predicted octanol–water partition coefficient (Wildman–Crippen LogP) is 2.05. The van der Waals surface area contributed by atoms with Gasteiger partial charge in [0.1, 0.15) is 0 Å². The van der Waals surface area contributed by atoms with Crippen LogP contribution < -0.4 is 5.32 Å². The Morgan fingerprint density at radius 2 is 1.86 bits per heavy atom. The molecule has 2 rings (SSSR count). The van der Waals surface area contributed by atoms with Crippen LogP contribution in [-0.2, 0) is 4.79 Å². The fourth-order valence-electron chi connectivity index (χ4n) is 2.74. The van der Waals surface area contributed by atoms with Gasteiger partial charge in [0.05, 0.1) is 18.2 Å². The second kappa shape index (κ2) is 7.15. The molecular formula is C16H21F2NO3. The van der Waals surface area contributed by atoms with Crippen molar-refractivity contribution in [2.75, 3.05) is 0 Å². The molecule has 3 N–H and O–H groups in total. The third kappa shape index (κ3) is 4.01. The molecule has 0 radical (unpaired) electrons. The van der Waals surface area contributed by atoms with Crippen LogP contribution in [0.25, 0.3) is 0 Å². The zero-order valence-corrected chi connectivity index (χ0v) is 12.4. The average molecular weight is 313 g/mol. The molecule has 1 aromatic carbocycles. The Bertz CT molecular complexity index is 530. The molecule has 122 valence electrons. The standard InChI is InChI=1S/C16H21F2NO3/c1-9(15(21)11-4-7-13(17)14(18)8-11)19-16(22)10-2-5-12(20)6-3-10/h4,7-10,12,15,20-21H,2-3,5-6H2,1H3,(H,19,22)/t9-,10?,12?,15+/m1/s1. The van der Waals surface area contributed by atoms with E-state index in [0.29, 0.717) is 25.7 Å². The van der Waals surface area contributed by atoms with E-state index in [1.54, 1.807) is 6.92 Å². The van der Waals surface area contributed by atoms with E-state index in [0.717, 1.165) is 12.1 Å². The summed E-state index contributed by atoms with van der Waals surface area (Å²) in [5.41, 5.74) is 0.214. The summed E-state index contributed by atoms with van der Waals surface area (Å²) >= 11 is 0. The van der Waals surface area contributed by atoms with Gasteiger partial charge < -0.3 is 15.5 Å². The third-order valence-electron chi connectivity index (χ3n) is 4.20. The molecule has 22 heavy (non-hydrogen) atoms. The summed E-state index contributed by atoms with van der Waals surface area (Å²) in [7, 11) is 0. The molecule has 2 atom stereocenters. The third-order valence-corrected chi connectivity index (χ3v) is 4.20. The van der Waals surface area contributed by atoms with Gasteiger partial charge in [-0.1, -0.05) is 6.07 Å². The highest BCUT2D eigenvalue weighted by Gasteiger charge is 2.27. The molecule has 0 aromatic heterocycles. The van der Waals surface area contributed by atoms with Gasteiger partial charge in [0.2, 0.25) is 5.91 Å². The van der Waals surface area contributed by atoms with Crippen LogP contribution in [0.3, 0.4) is 0 Å². The average Bonchev–Trinajstić information content (AvgIpc) is 2.49. The lowest BCUT2D eigenvalue weighted by Gasteiger charge is -2.27. The predicted molar refractivity (Wildman–Crippen MR) is 76.9 cm³/mol. The molecule has 1 fully saturated rings. The summed E-state index contributed by atoms with van der Waals surface area (Å²) < 4.78 is 26.1. The SMILES string of the molecule is C[C@@H](NC(=O)C1CCC(O)CC1)[C@H](O)c1ccc(F)c(F)c1. The molecule has 0 unspecified atom stereocenters. The summed E-state index contributed by atoms with van der Waals surface area (Å²) in [5, 5.41) is 22.3. The Kier molecular flexibility index (Phi) is 5.47. The highest BCUT2D eigenvalue weighted by atomic mass is 19.2. The van der Waals surface area contributed by atoms with Gasteiger partial charge in [0, 0.05) is 5.92 Å². The highest BCUT2D eigenvalue weighted by molar-refractivity contribution is 5.79. The number of hydrogen-bond donors (Lipinski definition) is 3. The molecule has 1 aliphatic rings. The van der Waals surface area contributed by atoms with E-state index >= 15 is 0 Å². The fourth-order valence-corrected chi connectivity index (χ4v) is 2.74. The zero-order chi connectivity index (χ0) is 16.3. The van der Waals surface area contributed by atoms with Crippen LogP contribution >= 0.6 is 0 Å². The number of rotatable bonds is 4. The maximum atomic E-state index is 13.2. The summed E-state index contributed by atoms with van der Waals surface area (Å²) in [6.45, 7) is 1.61. The molecular weight excluding hydrogens is 292 g/mol. The number of halogens is 2. The Balaban J connectivity index is 1.94. The van der Waals surface area contributed by atoms with Crippen LogP contribution in [0.1, 0.15) is 44.3 Å². The number of hydrogen-bond acceptors (Lipinski definition) is 3. The normalized spacial score (nSPS) is 24.6. The minimum Gasteiger partial charge on any atom is -0.393 e. The molecule has 0 heterocycles. The lowest BCUT2D eigenvalue weighted by molar-refractivity contribution is -0.128. The number of carbonyl (C=O) groups excluding carboxylic acids is 1. The molecule has 1 aliphatic carbocycles. The Morgan fingerprint density at radius 1 is 1.23 bits per heavy atom. The van der Waals surface area contributed by atoms with Gasteiger partial charge >= 0.3 is 0 Å². The monoisotopic (exact) mass is 313 g/mol. The maximum absolute atomic E-state index is 13.2. The van der Waals surface area contributed by atoms with E-state index in [4.69, 9.17) is 0 Å². The van der Waals surface area contributed by atoms with Crippen molar-refractivity contribution in [3.8, 4) is 0 Å². The van der Waals surface area contributed by atoms with Crippen LogP contribution in [0.15, 0.2) is 18.2 Å². The van der Waals surface area contributed by atoms with Gasteiger partial charge in [-0.25, -0.2) is 8.78 Å². The van der Waals surface area contributed by atoms with E-state index in [9.17, 15) is 23.8 Å². The van der Waals surface area contributed by atoms with Crippen molar-refractivity contribution in [1.82, 2.24) is 5.32 Å². The lowest BCUT2D eigenvalue weighted by atomic mass is 9.86. The number of nitrogens with one attached hydrogen (secondary N) is 1. The van der Waals surface area contributed by atoms with E-state index < -0.39 is 23.8 Å². The molecule has 0 aliphatic heterocycles. The van der Waals surface area contributed by atoms with Crippen molar-refractivity contribution in [2.24, 2.45) is 5.92 Å². The van der Waals surface area contributed by atoms with Crippen LogP contribution in [0.2, 0.25) is 0 Å². The quantitative estimate of drug-likeness (QED) is 0.797. The number of carbonyl (C=O) groups is 1. The van der Waals surface area contributed by atoms with Gasteiger partial charge in [-0.15, -0.1) is 0 Å². The van der Waals surface area contributed by atoms with Crippen molar-refractivity contribution in [3.63, 3.8) is 0 Å². The summed E-state index contributed by atoms with van der Waals surface area (Å²) in [5.74, 6) is -2.37. The van der Waals surface area contributed by atoms with Crippen molar-refractivity contribution in [3.05, 3.63) is 35.4 Å². The second-order valence-corrected chi connectivity index (χ2v) is 5.92. The van der Waals surface area contributed by atoms with E-state index in [-0.39, 0.29) is 23.5 Å². The minimum absolute atomic E-state index is 0.178. The smallest absolute Gasteiger partial charge is 0.223 e. The van der Waals surface area contributed by atoms with Gasteiger partial charge in [-0.2, -0.15) is 0 Å². The summed E-state index contributed by atoms with van der Waals surface area (Å²) in [4.78, 5) is 12.1. The number of benzene rings is 1. The van der Waals surface area contributed by atoms with E-state index in [1.165, 1.54) is 6.07 Å². The van der Waals surface area contributed by atoms with Gasteiger partial charge in [-0.05, 0) is 50.3 Å². The first kappa shape index (κ1) is 16.8. The van der Waals surface area contributed by atoms with Crippen LogP contribution in [0.5, 0.6) is 0 Å². The van der Waals surface area contributed by atoms with Crippen LogP contribution in [0, 0.1) is 17.6 Å². The summed E-state index contributed by atoms with van der Waals surface area (Å²) in [6, 6.07) is 2.55. The second-order valence-electron chi connectivity index (χ2n) is 5.92. The minimum atomic E-state index is -1.12. The Labute approximate surface area is 128 Å². The highest BCUT2D eigenvalue weighted by Crippen LogP contribution is 2.25. The molecule has 0 spiro atoms. The van der Waals surface area contributed by atoms with Crippen LogP contribution in [-0.4, -0.2) is 28.3 Å². The first-order chi connectivity index (χ1) is 10.4. The van der Waals surface area contributed by atoms with Crippen molar-refractivity contribution in [1.29, 1.82) is 0 Å². The number of aliphatic hydroxyl groups excluding tert-OH is 2. The molecule has 1 amide bonds. The van der Waals surface area contributed by atoms with E-state index in [1.807, 2.05) is 0 Å². The first-order valence-electron chi connectivity index (χ1n) is 7.50. The number of aliphatic hydroxyl groups is 2. The molecule has 4 nitrogen and oxygen atoms in total. The molecule has 0 saturated heterocycles.